The highest BCUT2D eigenvalue weighted by atomic mass is 32.1. The van der Waals surface area contributed by atoms with Gasteiger partial charge in [-0.1, -0.05) is 6.92 Å². The van der Waals surface area contributed by atoms with Gasteiger partial charge in [-0.3, -0.25) is 4.79 Å². The second-order valence-electron chi connectivity index (χ2n) is 6.45. The van der Waals surface area contributed by atoms with E-state index in [9.17, 15) is 9.59 Å². The van der Waals surface area contributed by atoms with Crippen LogP contribution in [0.5, 0.6) is 0 Å². The van der Waals surface area contributed by atoms with Crippen molar-refractivity contribution in [3.05, 3.63) is 33.3 Å². The van der Waals surface area contributed by atoms with Crippen molar-refractivity contribution in [2.45, 2.75) is 40.0 Å². The fourth-order valence-electron chi connectivity index (χ4n) is 3.18. The topological polar surface area (TPSA) is 95.1 Å². The summed E-state index contributed by atoms with van der Waals surface area (Å²) in [6.07, 6.45) is 1.86. The van der Waals surface area contributed by atoms with Crippen molar-refractivity contribution < 1.29 is 4.79 Å². The second kappa shape index (κ2) is 7.94. The van der Waals surface area contributed by atoms with Crippen molar-refractivity contribution in [1.82, 2.24) is 24.2 Å². The van der Waals surface area contributed by atoms with E-state index in [4.69, 9.17) is 0 Å². The van der Waals surface area contributed by atoms with Crippen LogP contribution in [0.1, 0.15) is 36.1 Å². The van der Waals surface area contributed by atoms with E-state index >= 15 is 0 Å². The molecule has 140 valence electrons. The van der Waals surface area contributed by atoms with Crippen molar-refractivity contribution in [2.75, 3.05) is 31.1 Å². The van der Waals surface area contributed by atoms with Gasteiger partial charge < -0.3 is 14.8 Å². The highest BCUT2D eigenvalue weighted by Crippen LogP contribution is 2.20. The van der Waals surface area contributed by atoms with Gasteiger partial charge in [0.05, 0.1) is 0 Å². The molecule has 0 aromatic carbocycles. The summed E-state index contributed by atoms with van der Waals surface area (Å²) < 4.78 is 4.33. The summed E-state index contributed by atoms with van der Waals surface area (Å²) in [5.74, 6) is 1.02. The molecule has 8 nitrogen and oxygen atoms in total. The first kappa shape index (κ1) is 18.5. The number of amides is 1. The zero-order valence-corrected chi connectivity index (χ0v) is 16.2. The molecule has 0 bridgehead atoms. The van der Waals surface area contributed by atoms with Gasteiger partial charge in [0.25, 0.3) is 0 Å². The standard InChI is InChI=1S/C17H24N6O2S/c1-4-14-20-17(26-21-14)23-9-7-22(8-10-23)15(24)6-5-13-11(2)18-16(25)19-12(13)3/h4-10H2,1-3H3,(H,18,19,25). The highest BCUT2D eigenvalue weighted by molar-refractivity contribution is 7.09. The molecule has 26 heavy (non-hydrogen) atoms. The van der Waals surface area contributed by atoms with Crippen LogP contribution in [0.4, 0.5) is 5.13 Å². The first-order valence-electron chi connectivity index (χ1n) is 8.89. The zero-order valence-electron chi connectivity index (χ0n) is 15.4. The van der Waals surface area contributed by atoms with Crippen LogP contribution in [0.25, 0.3) is 0 Å². The second-order valence-corrected chi connectivity index (χ2v) is 7.18. The Balaban J connectivity index is 1.53. The molecule has 3 rings (SSSR count). The number of H-pyrrole nitrogens is 1. The number of carbonyl (C=O) groups excluding carboxylic acids is 1. The molecular weight excluding hydrogens is 352 g/mol. The van der Waals surface area contributed by atoms with Gasteiger partial charge in [-0.2, -0.15) is 9.36 Å². The van der Waals surface area contributed by atoms with Crippen molar-refractivity contribution in [3.8, 4) is 0 Å². The monoisotopic (exact) mass is 376 g/mol. The Morgan fingerprint density at radius 1 is 1.19 bits per heavy atom. The third kappa shape index (κ3) is 4.09. The minimum Gasteiger partial charge on any atom is -0.343 e. The van der Waals surface area contributed by atoms with Gasteiger partial charge in [-0.15, -0.1) is 0 Å². The minimum absolute atomic E-state index is 0.140. The molecule has 0 radical (unpaired) electrons. The molecule has 1 aliphatic heterocycles. The number of rotatable bonds is 5. The van der Waals surface area contributed by atoms with E-state index in [1.54, 1.807) is 0 Å². The SMILES string of the molecule is CCc1nsc(N2CCN(C(=O)CCc3c(C)nc(=O)[nH]c3C)CC2)n1. The van der Waals surface area contributed by atoms with Crippen LogP contribution in [0, 0.1) is 13.8 Å². The predicted octanol–water partition coefficient (Wildman–Crippen LogP) is 1.08. The maximum atomic E-state index is 12.5. The largest absolute Gasteiger partial charge is 0.345 e. The Bertz CT molecular complexity index is 812. The van der Waals surface area contributed by atoms with E-state index in [0.29, 0.717) is 31.6 Å². The van der Waals surface area contributed by atoms with Crippen LogP contribution in [0.15, 0.2) is 4.79 Å². The molecule has 0 aliphatic carbocycles. The average Bonchev–Trinajstić information content (AvgIpc) is 3.10. The molecule has 1 amide bonds. The van der Waals surface area contributed by atoms with E-state index in [0.717, 1.165) is 41.7 Å². The Morgan fingerprint density at radius 2 is 1.92 bits per heavy atom. The molecule has 1 saturated heterocycles. The van der Waals surface area contributed by atoms with Crippen molar-refractivity contribution in [2.24, 2.45) is 0 Å². The lowest BCUT2D eigenvalue weighted by Crippen LogP contribution is -2.48. The Kier molecular flexibility index (Phi) is 5.65. The molecule has 2 aromatic rings. The molecule has 1 aliphatic rings. The Morgan fingerprint density at radius 3 is 2.54 bits per heavy atom. The van der Waals surface area contributed by atoms with Crippen LogP contribution in [0.2, 0.25) is 0 Å². The lowest BCUT2D eigenvalue weighted by Gasteiger charge is -2.34. The number of aryl methyl sites for hydroxylation is 3. The summed E-state index contributed by atoms with van der Waals surface area (Å²) in [5, 5.41) is 0.944. The van der Waals surface area contributed by atoms with Gasteiger partial charge in [0, 0.05) is 61.9 Å². The number of nitrogens with zero attached hydrogens (tertiary/aromatic N) is 5. The lowest BCUT2D eigenvalue weighted by atomic mass is 10.1. The molecule has 1 fully saturated rings. The van der Waals surface area contributed by atoms with Gasteiger partial charge in [0.2, 0.25) is 11.0 Å². The van der Waals surface area contributed by atoms with Gasteiger partial charge in [0.15, 0.2) is 0 Å². The molecule has 0 spiro atoms. The summed E-state index contributed by atoms with van der Waals surface area (Å²) >= 11 is 1.43. The molecule has 0 atom stereocenters. The van der Waals surface area contributed by atoms with Crippen molar-refractivity contribution in [3.63, 3.8) is 0 Å². The number of hydrogen-bond donors (Lipinski definition) is 1. The molecule has 1 N–H and O–H groups in total. The van der Waals surface area contributed by atoms with Gasteiger partial charge in [-0.25, -0.2) is 9.78 Å². The minimum atomic E-state index is -0.339. The van der Waals surface area contributed by atoms with Crippen LogP contribution < -0.4 is 10.6 Å². The van der Waals surface area contributed by atoms with Gasteiger partial charge in [0.1, 0.15) is 5.82 Å². The number of aromatic nitrogens is 4. The van der Waals surface area contributed by atoms with Crippen LogP contribution in [-0.2, 0) is 17.6 Å². The third-order valence-corrected chi connectivity index (χ3v) is 5.53. The fourth-order valence-corrected chi connectivity index (χ4v) is 3.98. The summed E-state index contributed by atoms with van der Waals surface area (Å²) in [5.41, 5.74) is 2.11. The molecule has 0 saturated carbocycles. The van der Waals surface area contributed by atoms with Crippen molar-refractivity contribution in [1.29, 1.82) is 0 Å². The summed E-state index contributed by atoms with van der Waals surface area (Å²) in [6, 6.07) is 0. The maximum Gasteiger partial charge on any atom is 0.345 e. The molecule has 2 aromatic heterocycles. The number of hydrogen-bond acceptors (Lipinski definition) is 7. The van der Waals surface area contributed by atoms with E-state index in [-0.39, 0.29) is 11.6 Å². The van der Waals surface area contributed by atoms with Crippen LogP contribution in [-0.4, -0.2) is 56.3 Å². The number of carbonyl (C=O) groups is 1. The van der Waals surface area contributed by atoms with Gasteiger partial charge in [-0.05, 0) is 25.8 Å². The van der Waals surface area contributed by atoms with E-state index in [1.807, 2.05) is 25.7 Å². The smallest absolute Gasteiger partial charge is 0.343 e. The Labute approximate surface area is 156 Å². The number of aromatic amines is 1. The predicted molar refractivity (Wildman–Crippen MR) is 101 cm³/mol. The number of nitrogens with one attached hydrogen (secondary N) is 1. The normalized spacial score (nSPS) is 14.7. The molecule has 3 heterocycles. The van der Waals surface area contributed by atoms with Crippen LogP contribution >= 0.6 is 11.5 Å². The maximum absolute atomic E-state index is 12.5. The highest BCUT2D eigenvalue weighted by Gasteiger charge is 2.23. The average molecular weight is 376 g/mol. The van der Waals surface area contributed by atoms with Crippen LogP contribution in [0.3, 0.4) is 0 Å². The lowest BCUT2D eigenvalue weighted by molar-refractivity contribution is -0.131. The number of anilines is 1. The number of piperazine rings is 1. The van der Waals surface area contributed by atoms with Gasteiger partial charge >= 0.3 is 5.69 Å². The molecule has 0 unspecified atom stereocenters. The summed E-state index contributed by atoms with van der Waals surface area (Å²) in [6.45, 7) is 8.66. The molecular formula is C17H24N6O2S. The zero-order chi connectivity index (χ0) is 18.7. The summed E-state index contributed by atoms with van der Waals surface area (Å²) in [4.78, 5) is 39.2. The van der Waals surface area contributed by atoms with Crippen molar-refractivity contribution >= 4 is 22.6 Å². The van der Waals surface area contributed by atoms with E-state index in [1.165, 1.54) is 11.5 Å². The quantitative estimate of drug-likeness (QED) is 0.839. The van der Waals surface area contributed by atoms with E-state index < -0.39 is 0 Å². The first-order chi connectivity index (χ1) is 12.5. The molecule has 9 heteroatoms. The third-order valence-electron chi connectivity index (χ3n) is 4.72. The fraction of sp³-hybridized carbons (Fsp3) is 0.588. The summed E-state index contributed by atoms with van der Waals surface area (Å²) in [7, 11) is 0. The first-order valence-corrected chi connectivity index (χ1v) is 9.67. The Hall–Kier alpha value is -2.29. The van der Waals surface area contributed by atoms with E-state index in [2.05, 4.69) is 24.2 Å².